The molecule has 48 heavy (non-hydrogen) atoms. The fourth-order valence-electron chi connectivity index (χ4n) is 7.36. The van der Waals surface area contributed by atoms with Crippen molar-refractivity contribution in [3.8, 4) is 11.5 Å². The Hall–Kier alpha value is -4.18. The Labute approximate surface area is 283 Å². The van der Waals surface area contributed by atoms with Crippen LogP contribution in [0.5, 0.6) is 11.5 Å². The van der Waals surface area contributed by atoms with E-state index in [1.54, 1.807) is 19.4 Å². The van der Waals surface area contributed by atoms with E-state index >= 15 is 0 Å². The summed E-state index contributed by atoms with van der Waals surface area (Å²) in [6.07, 6.45) is 1.56. The number of aromatic nitrogens is 1. The topological polar surface area (TPSA) is 104 Å². The van der Waals surface area contributed by atoms with Gasteiger partial charge in [-0.2, -0.15) is 0 Å². The maximum Gasteiger partial charge on any atom is 0.326 e. The predicted octanol–water partition coefficient (Wildman–Crippen LogP) is 6.14. The number of aryl methyl sites for hydroxylation is 1. The van der Waals surface area contributed by atoms with Crippen molar-refractivity contribution in [1.82, 2.24) is 15.2 Å². The Morgan fingerprint density at radius 3 is 2.46 bits per heavy atom. The van der Waals surface area contributed by atoms with Gasteiger partial charge in [0.2, 0.25) is 0 Å². The number of halogens is 1. The molecule has 3 aromatic rings. The largest absolute Gasteiger partial charge is 0.496 e. The summed E-state index contributed by atoms with van der Waals surface area (Å²) >= 11 is 0. The van der Waals surface area contributed by atoms with E-state index in [-0.39, 0.29) is 5.41 Å². The number of carbonyl (C=O) groups is 2. The minimum Gasteiger partial charge on any atom is -0.496 e. The lowest BCUT2D eigenvalue weighted by Gasteiger charge is -2.36. The van der Waals surface area contributed by atoms with Gasteiger partial charge in [-0.1, -0.05) is 65.8 Å². The van der Waals surface area contributed by atoms with Crippen LogP contribution in [-0.4, -0.2) is 66.3 Å². The maximum atomic E-state index is 14.8. The highest BCUT2D eigenvalue weighted by molar-refractivity contribution is 5.89. The third-order valence-corrected chi connectivity index (χ3v) is 9.66. The molecule has 3 heterocycles. The second-order valence-electron chi connectivity index (χ2n) is 15.3. The molecule has 2 N–H and O–H groups in total. The van der Waals surface area contributed by atoms with Gasteiger partial charge in [0, 0.05) is 56.0 Å². The number of nitrogens with one attached hydrogen (secondary N) is 1. The van der Waals surface area contributed by atoms with E-state index in [9.17, 15) is 19.1 Å². The summed E-state index contributed by atoms with van der Waals surface area (Å²) in [6, 6.07) is 11.8. The Balaban J connectivity index is 1.65. The van der Waals surface area contributed by atoms with Crippen molar-refractivity contribution in [2.24, 2.45) is 11.3 Å². The molecule has 2 aliphatic rings. The van der Waals surface area contributed by atoms with E-state index in [1.165, 1.54) is 17.0 Å². The fraction of sp³-hybridized carbons (Fsp3) is 0.500. The smallest absolute Gasteiger partial charge is 0.326 e. The van der Waals surface area contributed by atoms with Crippen LogP contribution in [0.25, 0.3) is 0 Å². The van der Waals surface area contributed by atoms with Crippen molar-refractivity contribution >= 4 is 17.7 Å². The lowest BCUT2D eigenvalue weighted by Crippen LogP contribution is -2.51. The standard InChI is InChI=1S/C38H49FN4O5/c1-37(2,3)24-14-17-27(47-9)23(19-24)21-41-31-30(38(4,5)6)33(36(45)46)43(32(31)26-11-10-18-40-34(26)42(7)8)35(44)28-16-13-22-12-15-25(39)20-29(22)48-28/h10-12,14-15,17-20,28,30-33,41H,13,16,21H2,1-9H3,(H,45,46)/t28-,30-,31-,32-,33-/m0/s1. The molecule has 9 nitrogen and oxygen atoms in total. The van der Waals surface area contributed by atoms with Crippen molar-refractivity contribution in [1.29, 1.82) is 0 Å². The highest BCUT2D eigenvalue weighted by Gasteiger charge is 2.59. The molecule has 258 valence electrons. The van der Waals surface area contributed by atoms with E-state index in [4.69, 9.17) is 9.47 Å². The number of carbonyl (C=O) groups excluding carboxylic acids is 1. The van der Waals surface area contributed by atoms with E-state index in [2.05, 4.69) is 43.2 Å². The molecule has 0 spiro atoms. The van der Waals surface area contributed by atoms with E-state index < -0.39 is 53.3 Å². The molecular weight excluding hydrogens is 611 g/mol. The first-order valence-electron chi connectivity index (χ1n) is 16.6. The van der Waals surface area contributed by atoms with Crippen LogP contribution in [-0.2, 0) is 28.0 Å². The second kappa shape index (κ2) is 13.4. The normalized spacial score (nSPS) is 22.5. The van der Waals surface area contributed by atoms with E-state index in [0.717, 1.165) is 28.0 Å². The zero-order valence-electron chi connectivity index (χ0n) is 29.5. The summed E-state index contributed by atoms with van der Waals surface area (Å²) < 4.78 is 26.1. The molecule has 0 radical (unpaired) electrons. The molecule has 2 aliphatic heterocycles. The number of anilines is 1. The van der Waals surface area contributed by atoms with Gasteiger partial charge in [-0.05, 0) is 53.0 Å². The molecule has 0 saturated carbocycles. The first-order valence-corrected chi connectivity index (χ1v) is 16.6. The number of carboxylic acid groups (broad SMARTS) is 1. The van der Waals surface area contributed by atoms with Crippen LogP contribution in [0, 0.1) is 17.2 Å². The number of hydrogen-bond acceptors (Lipinski definition) is 7. The first kappa shape index (κ1) is 35.1. The number of fused-ring (bicyclic) bond motifs is 1. The summed E-state index contributed by atoms with van der Waals surface area (Å²) in [7, 11) is 5.40. The molecule has 5 rings (SSSR count). The van der Waals surface area contributed by atoms with Gasteiger partial charge < -0.3 is 29.7 Å². The lowest BCUT2D eigenvalue weighted by atomic mass is 9.72. The minimum absolute atomic E-state index is 0.0969. The van der Waals surface area contributed by atoms with Gasteiger partial charge in [-0.25, -0.2) is 14.2 Å². The van der Waals surface area contributed by atoms with Crippen molar-refractivity contribution < 1.29 is 28.6 Å². The molecule has 10 heteroatoms. The number of likely N-dealkylation sites (tertiary alicyclic amines) is 1. The van der Waals surface area contributed by atoms with Crippen molar-refractivity contribution in [3.63, 3.8) is 0 Å². The summed E-state index contributed by atoms with van der Waals surface area (Å²) in [6.45, 7) is 12.9. The van der Waals surface area contributed by atoms with E-state index in [1.807, 2.05) is 58.0 Å². The van der Waals surface area contributed by atoms with Gasteiger partial charge in [0.05, 0.1) is 13.2 Å². The second-order valence-corrected chi connectivity index (χ2v) is 15.3. The number of amides is 1. The first-order chi connectivity index (χ1) is 22.5. The number of aliphatic carboxylic acids is 1. The zero-order chi connectivity index (χ0) is 35.1. The summed E-state index contributed by atoms with van der Waals surface area (Å²) in [5, 5.41) is 14.7. The monoisotopic (exact) mass is 660 g/mol. The molecular formula is C38H49FN4O5. The molecule has 0 aliphatic carbocycles. The third kappa shape index (κ3) is 6.86. The van der Waals surface area contributed by atoms with Gasteiger partial charge in [0.15, 0.2) is 6.10 Å². The number of carboxylic acids is 1. The van der Waals surface area contributed by atoms with Crippen LogP contribution in [0.15, 0.2) is 54.7 Å². The van der Waals surface area contributed by atoms with Crippen molar-refractivity contribution in [3.05, 3.63) is 82.8 Å². The zero-order valence-corrected chi connectivity index (χ0v) is 29.5. The summed E-state index contributed by atoms with van der Waals surface area (Å²) in [5.41, 5.74) is 2.97. The Morgan fingerprint density at radius 2 is 1.83 bits per heavy atom. The SMILES string of the molecule is COc1ccc(C(C)(C)C)cc1CN[C@H]1[C@H](C(C)(C)C)[C@@H](C(=O)O)N(C(=O)[C@@H]2CCc3ccc(F)cc3O2)[C@H]1c1cccnc1N(C)C. The highest BCUT2D eigenvalue weighted by atomic mass is 19.1. The van der Waals surface area contributed by atoms with Gasteiger partial charge in [0.1, 0.15) is 29.2 Å². The van der Waals surface area contributed by atoms with Crippen molar-refractivity contribution in [2.75, 3.05) is 26.1 Å². The number of nitrogens with zero attached hydrogens (tertiary/aromatic N) is 3. The highest BCUT2D eigenvalue weighted by Crippen LogP contribution is 2.50. The quantitative estimate of drug-likeness (QED) is 0.297. The number of ether oxygens (including phenoxy) is 2. The summed E-state index contributed by atoms with van der Waals surface area (Å²) in [4.78, 5) is 36.2. The molecule has 1 saturated heterocycles. The van der Waals surface area contributed by atoms with Crippen LogP contribution in [0.2, 0.25) is 0 Å². The van der Waals surface area contributed by atoms with Crippen LogP contribution in [0.3, 0.4) is 0 Å². The molecule has 1 amide bonds. The van der Waals surface area contributed by atoms with Crippen molar-refractivity contribution in [2.45, 2.75) is 90.6 Å². The Morgan fingerprint density at radius 1 is 1.10 bits per heavy atom. The van der Waals surface area contributed by atoms with Crippen LogP contribution < -0.4 is 19.7 Å². The fourth-order valence-corrected chi connectivity index (χ4v) is 7.36. The maximum absolute atomic E-state index is 14.8. The lowest BCUT2D eigenvalue weighted by molar-refractivity contribution is -0.155. The number of methoxy groups -OCH3 is 1. The average Bonchev–Trinajstić information content (AvgIpc) is 3.38. The molecule has 1 aromatic heterocycles. The summed E-state index contributed by atoms with van der Waals surface area (Å²) in [5.74, 6) is -0.857. The molecule has 2 aromatic carbocycles. The van der Waals surface area contributed by atoms with Gasteiger partial charge >= 0.3 is 5.97 Å². The molecule has 5 atom stereocenters. The average molecular weight is 661 g/mol. The third-order valence-electron chi connectivity index (χ3n) is 9.66. The number of pyridine rings is 1. The Bertz CT molecular complexity index is 1660. The van der Waals surface area contributed by atoms with Gasteiger partial charge in [-0.15, -0.1) is 0 Å². The molecule has 1 fully saturated rings. The predicted molar refractivity (Wildman–Crippen MR) is 184 cm³/mol. The van der Waals surface area contributed by atoms with Gasteiger partial charge in [-0.3, -0.25) is 4.79 Å². The van der Waals surface area contributed by atoms with Gasteiger partial charge in [0.25, 0.3) is 5.91 Å². The number of hydrogen-bond donors (Lipinski definition) is 2. The van der Waals surface area contributed by atoms with Crippen LogP contribution >= 0.6 is 0 Å². The number of rotatable bonds is 8. The van der Waals surface area contributed by atoms with Crippen LogP contribution in [0.1, 0.15) is 76.3 Å². The minimum atomic E-state index is -1.18. The molecule has 0 bridgehead atoms. The number of benzene rings is 2. The Kier molecular flexibility index (Phi) is 9.79. The molecule has 0 unspecified atom stereocenters. The van der Waals surface area contributed by atoms with E-state index in [0.29, 0.717) is 31.0 Å². The van der Waals surface area contributed by atoms with Crippen LogP contribution in [0.4, 0.5) is 10.2 Å².